The van der Waals surface area contributed by atoms with Gasteiger partial charge in [-0.3, -0.25) is 19.2 Å². The standard InChI is InChI=1S/C18H23FN2O5.CH2O2/c1-10-3-4-12(13(19)7-10)18(25)21-14-8-11(9-15(14)22)17(24)20-6-5-16(23)26-2;2-1-3/h3-4,7,11,14-15,22H,5-6,8-9H2,1-2H3,(H,20,24)(H,21,25);1H,(H,2,3)/t11-,14+,15+;/m0./s1. The number of ether oxygens (including phenoxy) is 1. The lowest BCUT2D eigenvalue weighted by atomic mass is 10.1. The summed E-state index contributed by atoms with van der Waals surface area (Å²) >= 11 is 0. The Morgan fingerprint density at radius 1 is 1.31 bits per heavy atom. The van der Waals surface area contributed by atoms with Crippen molar-refractivity contribution < 1.29 is 38.5 Å². The van der Waals surface area contributed by atoms with E-state index in [1.165, 1.54) is 19.2 Å². The number of esters is 1. The van der Waals surface area contributed by atoms with E-state index in [9.17, 15) is 23.9 Å². The van der Waals surface area contributed by atoms with Gasteiger partial charge in [0.15, 0.2) is 0 Å². The predicted molar refractivity (Wildman–Crippen MR) is 99.5 cm³/mol. The van der Waals surface area contributed by atoms with Crippen LogP contribution in [-0.2, 0) is 19.1 Å². The second-order valence-corrected chi connectivity index (χ2v) is 6.52. The number of carboxylic acid groups (broad SMARTS) is 1. The summed E-state index contributed by atoms with van der Waals surface area (Å²) in [6, 6.07) is 3.64. The van der Waals surface area contributed by atoms with E-state index in [2.05, 4.69) is 15.4 Å². The van der Waals surface area contributed by atoms with Crippen molar-refractivity contribution >= 4 is 24.3 Å². The number of methoxy groups -OCH3 is 1. The molecule has 9 nitrogen and oxygen atoms in total. The van der Waals surface area contributed by atoms with Crippen LogP contribution in [0, 0.1) is 18.7 Å². The number of halogens is 1. The van der Waals surface area contributed by atoms with E-state index < -0.39 is 35.8 Å². The highest BCUT2D eigenvalue weighted by atomic mass is 19.1. The molecule has 4 N–H and O–H groups in total. The van der Waals surface area contributed by atoms with E-state index in [0.29, 0.717) is 5.56 Å². The van der Waals surface area contributed by atoms with Gasteiger partial charge in [-0.25, -0.2) is 4.39 Å². The number of amides is 2. The Bertz CT molecular complexity index is 741. The van der Waals surface area contributed by atoms with Gasteiger partial charge in [0, 0.05) is 12.5 Å². The molecule has 10 heteroatoms. The number of benzene rings is 1. The zero-order valence-electron chi connectivity index (χ0n) is 16.2. The summed E-state index contributed by atoms with van der Waals surface area (Å²) in [6.45, 7) is 1.61. The zero-order valence-corrected chi connectivity index (χ0v) is 16.2. The second kappa shape index (κ2) is 11.7. The first-order chi connectivity index (χ1) is 13.7. The van der Waals surface area contributed by atoms with Crippen LogP contribution in [0.1, 0.15) is 35.2 Å². The predicted octanol–water partition coefficient (Wildman–Crippen LogP) is 0.384. The molecule has 0 aromatic heterocycles. The number of aliphatic hydroxyl groups excluding tert-OH is 1. The quantitative estimate of drug-likeness (QED) is 0.391. The number of hydrogen-bond donors (Lipinski definition) is 4. The minimum atomic E-state index is -0.899. The number of nitrogens with one attached hydrogen (secondary N) is 2. The summed E-state index contributed by atoms with van der Waals surface area (Å²) in [7, 11) is 1.27. The Hall–Kier alpha value is -3.01. The molecule has 0 aliphatic heterocycles. The van der Waals surface area contributed by atoms with Crippen molar-refractivity contribution in [3.8, 4) is 0 Å². The summed E-state index contributed by atoms with van der Waals surface area (Å²) in [5.41, 5.74) is 0.595. The van der Waals surface area contributed by atoms with Gasteiger partial charge >= 0.3 is 5.97 Å². The Morgan fingerprint density at radius 3 is 2.55 bits per heavy atom. The van der Waals surface area contributed by atoms with Crippen LogP contribution in [-0.4, -0.2) is 60.3 Å². The van der Waals surface area contributed by atoms with Gasteiger partial charge in [0.05, 0.1) is 31.2 Å². The molecule has 0 unspecified atom stereocenters. The van der Waals surface area contributed by atoms with E-state index in [0.717, 1.165) is 0 Å². The third-order valence-corrected chi connectivity index (χ3v) is 4.44. The summed E-state index contributed by atoms with van der Waals surface area (Å²) < 4.78 is 18.4. The van der Waals surface area contributed by atoms with Gasteiger partial charge in [-0.1, -0.05) is 6.07 Å². The minimum absolute atomic E-state index is 0.0599. The average molecular weight is 412 g/mol. The molecule has 0 radical (unpaired) electrons. The Labute approximate surface area is 167 Å². The molecule has 1 aromatic rings. The normalized spacial score (nSPS) is 20.1. The summed E-state index contributed by atoms with van der Waals surface area (Å²) in [6.07, 6.45) is -0.413. The zero-order chi connectivity index (χ0) is 22.0. The van der Waals surface area contributed by atoms with Crippen LogP contribution >= 0.6 is 0 Å². The molecule has 1 saturated carbocycles. The van der Waals surface area contributed by atoms with E-state index in [4.69, 9.17) is 9.90 Å². The highest BCUT2D eigenvalue weighted by Gasteiger charge is 2.37. The summed E-state index contributed by atoms with van der Waals surface area (Å²) in [5, 5.41) is 22.2. The second-order valence-electron chi connectivity index (χ2n) is 6.52. The van der Waals surface area contributed by atoms with E-state index >= 15 is 0 Å². The van der Waals surface area contributed by atoms with Crippen LogP contribution in [0.2, 0.25) is 0 Å². The number of carbonyl (C=O) groups excluding carboxylic acids is 3. The Kier molecular flexibility index (Phi) is 9.73. The molecule has 2 amide bonds. The SMILES string of the molecule is COC(=O)CCNC(=O)[C@@H]1C[C@@H](O)[C@H](NC(=O)c2ccc(C)cc2F)C1.O=CO. The lowest BCUT2D eigenvalue weighted by molar-refractivity contribution is -0.140. The number of aryl methyl sites for hydroxylation is 1. The highest BCUT2D eigenvalue weighted by molar-refractivity contribution is 5.94. The van der Waals surface area contributed by atoms with Gasteiger partial charge in [-0.2, -0.15) is 0 Å². The minimum Gasteiger partial charge on any atom is -0.483 e. The maximum atomic E-state index is 13.9. The van der Waals surface area contributed by atoms with E-state index in [1.807, 2.05) is 0 Å². The molecule has 2 rings (SSSR count). The number of carbonyl (C=O) groups is 4. The largest absolute Gasteiger partial charge is 0.483 e. The fourth-order valence-corrected chi connectivity index (χ4v) is 2.97. The van der Waals surface area contributed by atoms with Crippen LogP contribution in [0.3, 0.4) is 0 Å². The fourth-order valence-electron chi connectivity index (χ4n) is 2.97. The van der Waals surface area contributed by atoms with Gasteiger partial charge in [0.2, 0.25) is 5.91 Å². The van der Waals surface area contributed by atoms with Gasteiger partial charge in [0.25, 0.3) is 12.4 Å². The molecule has 0 spiro atoms. The maximum Gasteiger partial charge on any atom is 0.307 e. The van der Waals surface area contributed by atoms with Crippen LogP contribution < -0.4 is 10.6 Å². The molecular weight excluding hydrogens is 387 g/mol. The first-order valence-corrected chi connectivity index (χ1v) is 8.90. The molecule has 0 heterocycles. The van der Waals surface area contributed by atoms with Crippen molar-refractivity contribution in [2.45, 2.75) is 38.3 Å². The molecule has 1 aliphatic rings. The average Bonchev–Trinajstić information content (AvgIpc) is 3.02. The summed E-state index contributed by atoms with van der Waals surface area (Å²) in [5.74, 6) is -2.48. The fraction of sp³-hybridized carbons (Fsp3) is 0.474. The number of hydrogen-bond acceptors (Lipinski definition) is 6. The summed E-state index contributed by atoms with van der Waals surface area (Å²) in [4.78, 5) is 43.7. The topological polar surface area (TPSA) is 142 Å². The van der Waals surface area contributed by atoms with Gasteiger partial charge in [-0.05, 0) is 37.5 Å². The van der Waals surface area contributed by atoms with E-state index in [-0.39, 0.29) is 43.8 Å². The van der Waals surface area contributed by atoms with Gasteiger partial charge in [0.1, 0.15) is 5.82 Å². The molecular formula is C19H25FN2O7. The third-order valence-electron chi connectivity index (χ3n) is 4.44. The maximum absolute atomic E-state index is 13.9. The van der Waals surface area contributed by atoms with Crippen LogP contribution in [0.4, 0.5) is 4.39 Å². The van der Waals surface area contributed by atoms with Crippen molar-refractivity contribution in [2.24, 2.45) is 5.92 Å². The lowest BCUT2D eigenvalue weighted by Gasteiger charge is -2.16. The van der Waals surface area contributed by atoms with Crippen molar-refractivity contribution in [1.29, 1.82) is 0 Å². The molecule has 0 bridgehead atoms. The van der Waals surface area contributed by atoms with Crippen molar-refractivity contribution in [3.63, 3.8) is 0 Å². The third kappa shape index (κ3) is 7.49. The molecule has 29 heavy (non-hydrogen) atoms. The molecule has 0 saturated heterocycles. The first-order valence-electron chi connectivity index (χ1n) is 8.90. The molecule has 1 aliphatic carbocycles. The molecule has 160 valence electrons. The van der Waals surface area contributed by atoms with E-state index in [1.54, 1.807) is 13.0 Å². The number of rotatable bonds is 6. The van der Waals surface area contributed by atoms with Crippen LogP contribution in [0.15, 0.2) is 18.2 Å². The van der Waals surface area contributed by atoms with Gasteiger partial charge in [-0.15, -0.1) is 0 Å². The smallest absolute Gasteiger partial charge is 0.307 e. The molecule has 1 aromatic carbocycles. The van der Waals surface area contributed by atoms with Crippen LogP contribution in [0.5, 0.6) is 0 Å². The molecule has 3 atom stereocenters. The lowest BCUT2D eigenvalue weighted by Crippen LogP contribution is -2.40. The first kappa shape index (κ1) is 24.0. The molecule has 1 fully saturated rings. The van der Waals surface area contributed by atoms with Crippen molar-refractivity contribution in [3.05, 3.63) is 35.1 Å². The van der Waals surface area contributed by atoms with Gasteiger partial charge < -0.3 is 25.6 Å². The van der Waals surface area contributed by atoms with Crippen molar-refractivity contribution in [2.75, 3.05) is 13.7 Å². The van der Waals surface area contributed by atoms with Crippen LogP contribution in [0.25, 0.3) is 0 Å². The number of aliphatic hydroxyl groups is 1. The highest BCUT2D eigenvalue weighted by Crippen LogP contribution is 2.27. The Morgan fingerprint density at radius 2 is 1.97 bits per heavy atom. The monoisotopic (exact) mass is 412 g/mol. The van der Waals surface area contributed by atoms with Crippen molar-refractivity contribution in [1.82, 2.24) is 10.6 Å². The Balaban J connectivity index is 0.00000132.